The Morgan fingerprint density at radius 3 is 2.51 bits per heavy atom. The zero-order valence-electron chi connectivity index (χ0n) is 24.1. The Morgan fingerprint density at radius 2 is 1.84 bits per heavy atom. The van der Waals surface area contributed by atoms with Crippen LogP contribution in [0.25, 0.3) is 16.8 Å². The lowest BCUT2D eigenvalue weighted by atomic mass is 9.72. The zero-order chi connectivity index (χ0) is 30.5. The number of likely N-dealkylation sites (tertiary alicyclic amines) is 1. The van der Waals surface area contributed by atoms with Crippen LogP contribution in [0.1, 0.15) is 44.0 Å². The highest BCUT2D eigenvalue weighted by atomic mass is 35.5. The number of hydrogen-bond donors (Lipinski definition) is 2. The van der Waals surface area contributed by atoms with Gasteiger partial charge in [-0.15, -0.1) is 0 Å². The molecule has 43 heavy (non-hydrogen) atoms. The molecule has 13 heteroatoms. The molecule has 1 spiro atoms. The molecule has 0 atom stereocenters. The maximum atomic E-state index is 15.6. The van der Waals surface area contributed by atoms with Crippen LogP contribution < -0.4 is 16.0 Å². The molecule has 2 aliphatic rings. The number of hydrogen-bond acceptors (Lipinski definition) is 8. The van der Waals surface area contributed by atoms with Crippen LogP contribution in [0.2, 0.25) is 5.02 Å². The summed E-state index contributed by atoms with van der Waals surface area (Å²) in [4.78, 5) is 42.2. The van der Waals surface area contributed by atoms with Gasteiger partial charge in [0, 0.05) is 66.3 Å². The number of piperidine rings is 1. The number of halogens is 2. The van der Waals surface area contributed by atoms with Gasteiger partial charge in [0.15, 0.2) is 0 Å². The van der Waals surface area contributed by atoms with Gasteiger partial charge in [0.05, 0.1) is 0 Å². The third kappa shape index (κ3) is 5.66. The zero-order valence-corrected chi connectivity index (χ0v) is 24.9. The molecular weight excluding hydrogens is 575 g/mol. The van der Waals surface area contributed by atoms with Crippen molar-refractivity contribution >= 4 is 46.7 Å². The molecule has 0 saturated carbocycles. The number of nitrogens with zero attached hydrogens (tertiary/aromatic N) is 6. The van der Waals surface area contributed by atoms with Gasteiger partial charge in [0.25, 0.3) is 5.91 Å². The Morgan fingerprint density at radius 1 is 1.09 bits per heavy atom. The summed E-state index contributed by atoms with van der Waals surface area (Å²) in [5.41, 5.74) is 6.93. The molecule has 2 amide bonds. The Hall–Kier alpha value is -4.45. The lowest BCUT2D eigenvalue weighted by Crippen LogP contribution is -2.62. The summed E-state index contributed by atoms with van der Waals surface area (Å²) in [7, 11) is 0. The Balaban J connectivity index is 1.21. The van der Waals surface area contributed by atoms with Crippen LogP contribution in [-0.4, -0.2) is 68.0 Å². The first-order valence-corrected chi connectivity index (χ1v) is 14.4. The topological polar surface area (TPSA) is 131 Å². The quantitative estimate of drug-likeness (QED) is 0.322. The van der Waals surface area contributed by atoms with Gasteiger partial charge in [-0.25, -0.2) is 24.1 Å². The van der Waals surface area contributed by atoms with Crippen LogP contribution in [0.4, 0.5) is 26.8 Å². The molecule has 3 N–H and O–H groups in total. The van der Waals surface area contributed by atoms with Gasteiger partial charge >= 0.3 is 6.09 Å². The summed E-state index contributed by atoms with van der Waals surface area (Å²) in [6.45, 7) is 8.34. The van der Waals surface area contributed by atoms with E-state index in [9.17, 15) is 9.59 Å². The summed E-state index contributed by atoms with van der Waals surface area (Å²) in [6.07, 6.45) is 6.27. The van der Waals surface area contributed by atoms with Crippen LogP contribution in [-0.2, 0) is 4.74 Å². The van der Waals surface area contributed by atoms with Crippen LogP contribution >= 0.6 is 11.6 Å². The van der Waals surface area contributed by atoms with Crippen molar-refractivity contribution in [1.82, 2.24) is 24.3 Å². The number of fused-ring (bicyclic) bond motifs is 1. The molecule has 6 rings (SSSR count). The van der Waals surface area contributed by atoms with Crippen LogP contribution in [0.5, 0.6) is 0 Å². The van der Waals surface area contributed by atoms with Crippen LogP contribution in [0.3, 0.4) is 0 Å². The average molecular weight is 607 g/mol. The first-order valence-electron chi connectivity index (χ1n) is 14.0. The van der Waals surface area contributed by atoms with E-state index < -0.39 is 17.3 Å². The van der Waals surface area contributed by atoms with Crippen molar-refractivity contribution in [2.45, 2.75) is 39.2 Å². The van der Waals surface area contributed by atoms with Gasteiger partial charge < -0.3 is 25.6 Å². The van der Waals surface area contributed by atoms with Gasteiger partial charge in [-0.05, 0) is 63.9 Å². The minimum absolute atomic E-state index is 0.0486. The number of amides is 2. The number of nitrogen functional groups attached to an aromatic ring is 1. The van der Waals surface area contributed by atoms with Gasteiger partial charge in [-0.2, -0.15) is 0 Å². The highest BCUT2D eigenvalue weighted by Crippen LogP contribution is 2.42. The molecule has 3 aromatic heterocycles. The van der Waals surface area contributed by atoms with E-state index in [1.807, 2.05) is 25.2 Å². The Labute approximate surface area is 252 Å². The van der Waals surface area contributed by atoms with E-state index in [2.05, 4.69) is 20.2 Å². The van der Waals surface area contributed by atoms with E-state index >= 15 is 4.39 Å². The normalized spacial score (nSPS) is 16.3. The smallest absolute Gasteiger partial charge is 0.410 e. The molecule has 0 bridgehead atoms. The first-order chi connectivity index (χ1) is 20.4. The van der Waals surface area contributed by atoms with Crippen LogP contribution in [0.15, 0.2) is 48.9 Å². The van der Waals surface area contributed by atoms with Crippen molar-refractivity contribution in [2.24, 2.45) is 5.41 Å². The molecule has 2 aliphatic heterocycles. The Kier molecular flexibility index (Phi) is 7.11. The summed E-state index contributed by atoms with van der Waals surface area (Å²) >= 11 is 5.97. The second-order valence-electron chi connectivity index (χ2n) is 12.1. The molecule has 0 unspecified atom stereocenters. The third-order valence-corrected chi connectivity index (χ3v) is 8.06. The van der Waals surface area contributed by atoms with Crippen molar-refractivity contribution in [2.75, 3.05) is 42.1 Å². The fourth-order valence-corrected chi connectivity index (χ4v) is 5.85. The predicted octanol–water partition coefficient (Wildman–Crippen LogP) is 5.26. The minimum Gasteiger partial charge on any atom is -0.444 e. The molecule has 5 heterocycles. The maximum Gasteiger partial charge on any atom is 0.410 e. The number of carbonyl (C=O) groups is 2. The maximum absolute atomic E-state index is 15.6. The monoisotopic (exact) mass is 606 g/mol. The van der Waals surface area contributed by atoms with E-state index in [4.69, 9.17) is 27.1 Å². The molecule has 4 aromatic rings. The molecular formula is C30H32ClFN8O3. The number of carbonyl (C=O) groups excluding carboxylic acids is 2. The predicted molar refractivity (Wildman–Crippen MR) is 162 cm³/mol. The molecule has 2 fully saturated rings. The lowest BCUT2D eigenvalue weighted by molar-refractivity contribution is -0.0435. The number of ether oxygens (including phenoxy) is 1. The molecule has 11 nitrogen and oxygen atoms in total. The van der Waals surface area contributed by atoms with E-state index in [-0.39, 0.29) is 34.3 Å². The van der Waals surface area contributed by atoms with Crippen molar-refractivity contribution in [3.05, 3.63) is 65.3 Å². The molecule has 0 radical (unpaired) electrons. The second-order valence-corrected chi connectivity index (χ2v) is 12.6. The third-order valence-electron chi connectivity index (χ3n) is 7.83. The molecule has 224 valence electrons. The van der Waals surface area contributed by atoms with Crippen molar-refractivity contribution in [3.8, 4) is 11.3 Å². The number of rotatable bonds is 4. The number of pyridine rings is 1. The second kappa shape index (κ2) is 10.7. The Bertz CT molecular complexity index is 1720. The number of nitrogens with two attached hydrogens (primary N) is 1. The number of aromatic nitrogens is 4. The summed E-state index contributed by atoms with van der Waals surface area (Å²) in [6, 6.07) is 7.28. The SMILES string of the molecule is CC(C)(C)OC(=O)N1CC2(CCN(c3nc(-c4ccc(C(=O)Nc5cc(Cl)ccn5)cc4F)c4c(N)nccn34)CC2)C1. The standard InChI is InChI=1S/C30H32ClFN8O3/c1-29(2,3)43-28(42)39-16-30(17-39)7-11-38(12-8-30)27-37-23(24-25(33)35-10-13-40(24)27)20-5-4-18(14-21(20)32)26(41)36-22-15-19(31)6-9-34-22/h4-6,9-10,13-15H,7-8,11-12,16-17H2,1-3H3,(H2,33,35)(H,34,36,41). The fraction of sp³-hybridized carbons (Fsp3) is 0.367. The highest BCUT2D eigenvalue weighted by molar-refractivity contribution is 6.30. The average Bonchev–Trinajstić information content (AvgIpc) is 3.31. The van der Waals surface area contributed by atoms with Gasteiger partial charge in [-0.3, -0.25) is 9.20 Å². The van der Waals surface area contributed by atoms with E-state index in [1.54, 1.807) is 23.4 Å². The molecule has 2 saturated heterocycles. The largest absolute Gasteiger partial charge is 0.444 e. The lowest BCUT2D eigenvalue weighted by Gasteiger charge is -2.53. The summed E-state index contributed by atoms with van der Waals surface area (Å²) in [5, 5.41) is 3.04. The molecule has 1 aromatic carbocycles. The van der Waals surface area contributed by atoms with Crippen molar-refractivity contribution < 1.29 is 18.7 Å². The highest BCUT2D eigenvalue weighted by Gasteiger charge is 2.48. The minimum atomic E-state index is -0.629. The van der Waals surface area contributed by atoms with E-state index in [1.165, 1.54) is 24.4 Å². The van der Waals surface area contributed by atoms with Gasteiger partial charge in [-0.1, -0.05) is 11.6 Å². The summed E-state index contributed by atoms with van der Waals surface area (Å²) < 4.78 is 22.9. The summed E-state index contributed by atoms with van der Waals surface area (Å²) in [5.74, 6) is -0.0557. The van der Waals surface area contributed by atoms with E-state index in [0.29, 0.717) is 48.4 Å². The molecule has 0 aliphatic carbocycles. The first kappa shape index (κ1) is 28.7. The number of benzene rings is 1. The number of anilines is 3. The number of imidazole rings is 1. The van der Waals surface area contributed by atoms with E-state index in [0.717, 1.165) is 18.9 Å². The number of nitrogens with one attached hydrogen (secondary N) is 1. The van der Waals surface area contributed by atoms with Gasteiger partial charge in [0.2, 0.25) is 5.95 Å². The fourth-order valence-electron chi connectivity index (χ4n) is 5.69. The van der Waals surface area contributed by atoms with Crippen molar-refractivity contribution in [1.29, 1.82) is 0 Å². The van der Waals surface area contributed by atoms with Crippen LogP contribution in [0, 0.1) is 11.2 Å². The van der Waals surface area contributed by atoms with Gasteiger partial charge in [0.1, 0.15) is 34.3 Å². The van der Waals surface area contributed by atoms with Crippen molar-refractivity contribution in [3.63, 3.8) is 0 Å².